The lowest BCUT2D eigenvalue weighted by molar-refractivity contribution is -0.122. The molecule has 1 heterocycles. The van der Waals surface area contributed by atoms with Crippen LogP contribution in [0.1, 0.15) is 32.5 Å². The summed E-state index contributed by atoms with van der Waals surface area (Å²) in [6, 6.07) is 0. The first-order valence-electron chi connectivity index (χ1n) is 9.03. The highest BCUT2D eigenvalue weighted by Crippen LogP contribution is 2.38. The summed E-state index contributed by atoms with van der Waals surface area (Å²) in [5.74, 6) is -1.16. The van der Waals surface area contributed by atoms with E-state index in [0.29, 0.717) is 10.4 Å². The minimum atomic E-state index is -1.93. The van der Waals surface area contributed by atoms with Crippen LogP contribution in [0.25, 0.3) is 0 Å². The molecule has 2 N–H and O–H groups in total. The fourth-order valence-electron chi connectivity index (χ4n) is 2.51. The molecule has 1 aromatic heterocycles. The van der Waals surface area contributed by atoms with Gasteiger partial charge in [0.15, 0.2) is 5.78 Å². The number of ketones is 1. The molecule has 0 saturated carbocycles. The van der Waals surface area contributed by atoms with Gasteiger partial charge in [-0.1, -0.05) is 34.8 Å². The Balaban J connectivity index is 3.35. The number of halogens is 3. The zero-order chi connectivity index (χ0) is 23.2. The quantitative estimate of drug-likeness (QED) is 0.220. The molecule has 0 aliphatic carbocycles. The third-order valence-electron chi connectivity index (χ3n) is 3.71. The number of Topliss-reactive ketones (excluding diaryl/α,β-unsaturated/α-hetero) is 1. The highest BCUT2D eigenvalue weighted by molar-refractivity contribution is 7.18. The maximum absolute atomic E-state index is 12.6. The molecule has 0 aliphatic rings. The van der Waals surface area contributed by atoms with Gasteiger partial charge in [0, 0.05) is 0 Å². The lowest BCUT2D eigenvalue weighted by Crippen LogP contribution is -2.51. The molecule has 0 fully saturated rings. The zero-order valence-electron chi connectivity index (χ0n) is 17.8. The van der Waals surface area contributed by atoms with Crippen molar-refractivity contribution in [3.05, 3.63) is 16.0 Å². The molecule has 1 aromatic rings. The molecule has 170 valence electrons. The number of alkyl halides is 3. The van der Waals surface area contributed by atoms with Crippen molar-refractivity contribution in [1.29, 1.82) is 0 Å². The Hall–Kier alpha value is -1.10. The Labute approximate surface area is 195 Å². The van der Waals surface area contributed by atoms with E-state index in [-0.39, 0.29) is 36.0 Å². The van der Waals surface area contributed by atoms with Crippen molar-refractivity contribution in [3.8, 4) is 0 Å². The predicted octanol–water partition coefficient (Wildman–Crippen LogP) is 2.76. The van der Waals surface area contributed by atoms with Crippen molar-refractivity contribution in [2.45, 2.75) is 23.8 Å². The van der Waals surface area contributed by atoms with Crippen LogP contribution < -0.4 is 10.6 Å². The molecule has 0 spiro atoms. The van der Waals surface area contributed by atoms with E-state index in [9.17, 15) is 14.4 Å². The van der Waals surface area contributed by atoms with E-state index >= 15 is 0 Å². The van der Waals surface area contributed by atoms with E-state index in [1.807, 2.05) is 0 Å². The number of anilines is 1. The number of likely N-dealkylation sites (N-methyl/N-ethyl adjacent to an activating group) is 2. The minimum absolute atomic E-state index is 0.0691. The fraction of sp³-hybridized carbons (Fsp3) is 0.611. The molecule has 0 radical (unpaired) electrons. The van der Waals surface area contributed by atoms with Crippen LogP contribution in [0.5, 0.6) is 0 Å². The number of carbonyl (C=O) groups is 3. The Bertz CT molecular complexity index is 778. The maximum atomic E-state index is 12.6. The van der Waals surface area contributed by atoms with Gasteiger partial charge in [0.2, 0.25) is 9.70 Å². The van der Waals surface area contributed by atoms with Crippen LogP contribution in [-0.2, 0) is 9.53 Å². The van der Waals surface area contributed by atoms with Gasteiger partial charge in [-0.2, -0.15) is 0 Å². The maximum Gasteiger partial charge on any atom is 0.341 e. The monoisotopic (exact) mass is 500 g/mol. The Morgan fingerprint density at radius 3 is 2.13 bits per heavy atom. The minimum Gasteiger partial charge on any atom is -0.462 e. The number of hydrogen-bond acceptors (Lipinski definition) is 8. The van der Waals surface area contributed by atoms with Gasteiger partial charge in [0.25, 0.3) is 0 Å². The molecule has 30 heavy (non-hydrogen) atoms. The van der Waals surface area contributed by atoms with Crippen molar-refractivity contribution in [1.82, 2.24) is 15.1 Å². The van der Waals surface area contributed by atoms with Crippen LogP contribution in [0.4, 0.5) is 5.00 Å². The standard InChI is InChI=1S/C18H27Cl3N4O4S/c1-7-29-16(28)13-10(2)14(11(26)8-24(3)4)30-15(13)23-17(18(19,20)21)22-12(27)9-25(5)6/h17,23H,7-9H2,1-6H3,(H,22,27). The number of carbonyl (C=O) groups excluding carboxylic acids is 3. The lowest BCUT2D eigenvalue weighted by Gasteiger charge is -2.27. The first-order chi connectivity index (χ1) is 13.8. The predicted molar refractivity (Wildman–Crippen MR) is 122 cm³/mol. The number of ether oxygens (including phenoxy) is 1. The Morgan fingerprint density at radius 2 is 1.67 bits per heavy atom. The highest BCUT2D eigenvalue weighted by atomic mass is 35.6. The van der Waals surface area contributed by atoms with Gasteiger partial charge < -0.3 is 25.2 Å². The van der Waals surface area contributed by atoms with Gasteiger partial charge in [0.05, 0.1) is 30.1 Å². The van der Waals surface area contributed by atoms with E-state index in [0.717, 1.165) is 11.3 Å². The molecule has 1 rings (SSSR count). The Morgan fingerprint density at radius 1 is 1.10 bits per heavy atom. The molecule has 1 amide bonds. The summed E-state index contributed by atoms with van der Waals surface area (Å²) in [6.45, 7) is 3.72. The third kappa shape index (κ3) is 7.86. The van der Waals surface area contributed by atoms with E-state index in [1.54, 1.807) is 51.8 Å². The van der Waals surface area contributed by atoms with E-state index < -0.39 is 21.8 Å². The summed E-state index contributed by atoms with van der Waals surface area (Å²) in [6.07, 6.45) is -1.15. The van der Waals surface area contributed by atoms with E-state index in [1.165, 1.54) is 0 Å². The molecule has 1 unspecified atom stereocenters. The topological polar surface area (TPSA) is 91.0 Å². The lowest BCUT2D eigenvalue weighted by atomic mass is 10.1. The molecule has 1 atom stereocenters. The van der Waals surface area contributed by atoms with Crippen LogP contribution >= 0.6 is 46.1 Å². The second kappa shape index (κ2) is 11.5. The molecular weight excluding hydrogens is 475 g/mol. The summed E-state index contributed by atoms with van der Waals surface area (Å²) < 4.78 is 3.21. The number of rotatable bonds is 10. The number of amides is 1. The van der Waals surface area contributed by atoms with Crippen LogP contribution in [-0.4, -0.2) is 85.3 Å². The van der Waals surface area contributed by atoms with E-state index in [4.69, 9.17) is 39.5 Å². The fourth-order valence-corrected chi connectivity index (χ4v) is 3.99. The average Bonchev–Trinajstić information content (AvgIpc) is 2.88. The van der Waals surface area contributed by atoms with Crippen molar-refractivity contribution in [2.75, 3.05) is 53.2 Å². The molecule has 12 heteroatoms. The van der Waals surface area contributed by atoms with Crippen molar-refractivity contribution in [2.24, 2.45) is 0 Å². The van der Waals surface area contributed by atoms with Gasteiger partial charge in [-0.3, -0.25) is 9.59 Å². The number of hydrogen-bond donors (Lipinski definition) is 2. The second-order valence-corrected chi connectivity index (χ2v) is 10.5. The van der Waals surface area contributed by atoms with Crippen molar-refractivity contribution in [3.63, 3.8) is 0 Å². The van der Waals surface area contributed by atoms with Gasteiger partial charge in [-0.25, -0.2) is 4.79 Å². The summed E-state index contributed by atoms with van der Waals surface area (Å²) in [7, 11) is 6.99. The van der Waals surface area contributed by atoms with Crippen LogP contribution in [0.2, 0.25) is 0 Å². The molecule has 0 aromatic carbocycles. The van der Waals surface area contributed by atoms with Crippen LogP contribution in [0, 0.1) is 6.92 Å². The van der Waals surface area contributed by atoms with Gasteiger partial charge in [-0.05, 0) is 47.6 Å². The molecule has 8 nitrogen and oxygen atoms in total. The second-order valence-electron chi connectivity index (χ2n) is 7.07. The Kier molecular flexibility index (Phi) is 10.3. The summed E-state index contributed by atoms with van der Waals surface area (Å²) in [4.78, 5) is 41.2. The number of nitrogens with one attached hydrogen (secondary N) is 2. The summed E-state index contributed by atoms with van der Waals surface area (Å²) in [5.41, 5.74) is 0.639. The van der Waals surface area contributed by atoms with Crippen molar-refractivity contribution >= 4 is 68.8 Å². The average molecular weight is 502 g/mol. The van der Waals surface area contributed by atoms with Gasteiger partial charge in [0.1, 0.15) is 11.2 Å². The van der Waals surface area contributed by atoms with Crippen LogP contribution in [0.3, 0.4) is 0 Å². The van der Waals surface area contributed by atoms with Gasteiger partial charge in [-0.15, -0.1) is 11.3 Å². The summed E-state index contributed by atoms with van der Waals surface area (Å²) >= 11 is 19.2. The first kappa shape index (κ1) is 26.9. The third-order valence-corrected chi connectivity index (χ3v) is 5.63. The number of nitrogens with zero attached hydrogens (tertiary/aromatic N) is 2. The number of thiophene rings is 1. The smallest absolute Gasteiger partial charge is 0.341 e. The highest BCUT2D eigenvalue weighted by Gasteiger charge is 2.36. The summed E-state index contributed by atoms with van der Waals surface area (Å²) in [5, 5.41) is 5.78. The molecular formula is C18H27Cl3N4O4S. The molecule has 0 saturated heterocycles. The largest absolute Gasteiger partial charge is 0.462 e. The number of esters is 1. The normalized spacial score (nSPS) is 12.8. The van der Waals surface area contributed by atoms with Gasteiger partial charge >= 0.3 is 5.97 Å². The SMILES string of the molecule is CCOC(=O)c1c(NC(NC(=O)CN(C)C)C(Cl)(Cl)Cl)sc(C(=O)CN(C)C)c1C. The first-order valence-corrected chi connectivity index (χ1v) is 11.0. The van der Waals surface area contributed by atoms with Crippen LogP contribution in [0.15, 0.2) is 0 Å². The molecule has 0 aliphatic heterocycles. The van der Waals surface area contributed by atoms with Crippen molar-refractivity contribution < 1.29 is 19.1 Å². The van der Waals surface area contributed by atoms with E-state index in [2.05, 4.69) is 10.6 Å². The zero-order valence-corrected chi connectivity index (χ0v) is 20.9. The molecule has 0 bridgehead atoms.